The fourth-order valence-electron chi connectivity index (χ4n) is 2.33. The van der Waals surface area contributed by atoms with Gasteiger partial charge in [-0.1, -0.05) is 42.1 Å². The molecule has 3 aromatic rings. The van der Waals surface area contributed by atoms with Crippen molar-refractivity contribution in [2.75, 3.05) is 19.9 Å². The Morgan fingerprint density at radius 1 is 1.15 bits per heavy atom. The molecular weight excluding hydrogens is 350 g/mol. The summed E-state index contributed by atoms with van der Waals surface area (Å²) >= 11 is 1.23. The zero-order chi connectivity index (χ0) is 18.4. The van der Waals surface area contributed by atoms with Crippen LogP contribution in [0.2, 0.25) is 0 Å². The van der Waals surface area contributed by atoms with E-state index in [0.29, 0.717) is 17.7 Å². The molecule has 0 aliphatic carbocycles. The first-order valence-electron chi connectivity index (χ1n) is 8.04. The van der Waals surface area contributed by atoms with Crippen LogP contribution in [0.25, 0.3) is 11.5 Å². The summed E-state index contributed by atoms with van der Waals surface area (Å²) in [6.07, 6.45) is 0. The van der Waals surface area contributed by atoms with E-state index in [2.05, 4.69) is 10.2 Å². The maximum Gasteiger partial charge on any atom is 0.277 e. The molecule has 0 aliphatic rings. The van der Waals surface area contributed by atoms with Crippen molar-refractivity contribution in [3.05, 3.63) is 60.2 Å². The first-order chi connectivity index (χ1) is 12.7. The summed E-state index contributed by atoms with van der Waals surface area (Å²) in [5.74, 6) is 1.44. The van der Waals surface area contributed by atoms with Crippen molar-refractivity contribution in [3.63, 3.8) is 0 Å². The number of hydrogen-bond donors (Lipinski definition) is 0. The van der Waals surface area contributed by atoms with Crippen LogP contribution in [0.5, 0.6) is 5.75 Å². The maximum atomic E-state index is 12.3. The summed E-state index contributed by atoms with van der Waals surface area (Å²) < 4.78 is 10.8. The van der Waals surface area contributed by atoms with Crippen LogP contribution in [0.3, 0.4) is 0 Å². The number of aromatic nitrogens is 2. The topological polar surface area (TPSA) is 68.5 Å². The Morgan fingerprint density at radius 2 is 1.96 bits per heavy atom. The number of carbonyl (C=O) groups is 1. The second-order valence-electron chi connectivity index (χ2n) is 5.63. The van der Waals surface area contributed by atoms with Crippen LogP contribution in [-0.4, -0.2) is 40.9 Å². The molecule has 0 spiro atoms. The molecule has 7 heteroatoms. The third kappa shape index (κ3) is 4.64. The highest BCUT2D eigenvalue weighted by Crippen LogP contribution is 2.23. The highest BCUT2D eigenvalue weighted by atomic mass is 32.2. The number of hydrogen-bond acceptors (Lipinski definition) is 6. The highest BCUT2D eigenvalue weighted by Gasteiger charge is 2.14. The molecule has 0 radical (unpaired) electrons. The quantitative estimate of drug-likeness (QED) is 0.594. The van der Waals surface area contributed by atoms with Crippen molar-refractivity contribution in [2.24, 2.45) is 0 Å². The van der Waals surface area contributed by atoms with Gasteiger partial charge >= 0.3 is 0 Å². The van der Waals surface area contributed by atoms with Gasteiger partial charge < -0.3 is 14.1 Å². The second kappa shape index (κ2) is 8.53. The zero-order valence-electron chi connectivity index (χ0n) is 14.6. The average molecular weight is 369 g/mol. The summed E-state index contributed by atoms with van der Waals surface area (Å²) in [6.45, 7) is 0.510. The van der Waals surface area contributed by atoms with E-state index in [1.165, 1.54) is 11.8 Å². The fraction of sp³-hybridized carbons (Fsp3) is 0.211. The van der Waals surface area contributed by atoms with E-state index in [0.717, 1.165) is 16.9 Å². The van der Waals surface area contributed by atoms with E-state index >= 15 is 0 Å². The predicted octanol–water partition coefficient (Wildman–Crippen LogP) is 3.50. The van der Waals surface area contributed by atoms with Gasteiger partial charge in [-0.2, -0.15) is 0 Å². The van der Waals surface area contributed by atoms with Crippen molar-refractivity contribution in [1.82, 2.24) is 15.1 Å². The van der Waals surface area contributed by atoms with Crippen molar-refractivity contribution in [1.29, 1.82) is 0 Å². The lowest BCUT2D eigenvalue weighted by atomic mass is 10.2. The third-order valence-corrected chi connectivity index (χ3v) is 4.53. The van der Waals surface area contributed by atoms with Gasteiger partial charge in [-0.05, 0) is 29.8 Å². The number of benzene rings is 2. The minimum atomic E-state index is -0.0164. The van der Waals surface area contributed by atoms with Crippen LogP contribution in [0, 0.1) is 0 Å². The normalized spacial score (nSPS) is 10.5. The molecule has 1 aromatic heterocycles. The van der Waals surface area contributed by atoms with Gasteiger partial charge in [0.1, 0.15) is 5.75 Å². The van der Waals surface area contributed by atoms with Gasteiger partial charge in [0.2, 0.25) is 11.8 Å². The number of nitrogens with zero attached hydrogens (tertiary/aromatic N) is 3. The predicted molar refractivity (Wildman–Crippen MR) is 99.9 cm³/mol. The highest BCUT2D eigenvalue weighted by molar-refractivity contribution is 7.99. The van der Waals surface area contributed by atoms with Crippen LogP contribution in [0.15, 0.2) is 64.2 Å². The van der Waals surface area contributed by atoms with Crippen molar-refractivity contribution >= 4 is 17.7 Å². The number of thioether (sulfide) groups is 1. The summed E-state index contributed by atoms with van der Waals surface area (Å²) in [5, 5.41) is 8.39. The molecule has 3 rings (SSSR count). The molecule has 134 valence electrons. The second-order valence-corrected chi connectivity index (χ2v) is 6.56. The van der Waals surface area contributed by atoms with Crippen LogP contribution >= 0.6 is 11.8 Å². The molecule has 0 bridgehead atoms. The summed E-state index contributed by atoms with van der Waals surface area (Å²) in [5.41, 5.74) is 1.86. The number of methoxy groups -OCH3 is 1. The summed E-state index contributed by atoms with van der Waals surface area (Å²) in [7, 11) is 3.39. The van der Waals surface area contributed by atoms with Gasteiger partial charge in [0.05, 0.1) is 12.9 Å². The molecule has 0 aliphatic heterocycles. The standard InChI is InChI=1S/C19H19N3O3S/c1-22(12-14-7-6-10-16(11-14)24-2)17(23)13-26-19-21-20-18(25-19)15-8-4-3-5-9-15/h3-11H,12-13H2,1-2H3. The molecule has 0 unspecified atom stereocenters. The Balaban J connectivity index is 1.54. The first-order valence-corrected chi connectivity index (χ1v) is 9.03. The first kappa shape index (κ1) is 18.0. The molecule has 26 heavy (non-hydrogen) atoms. The molecule has 1 heterocycles. The Morgan fingerprint density at radius 3 is 2.73 bits per heavy atom. The van der Waals surface area contributed by atoms with Gasteiger partial charge in [-0.25, -0.2) is 0 Å². The van der Waals surface area contributed by atoms with Crippen molar-refractivity contribution < 1.29 is 13.9 Å². The molecule has 0 saturated heterocycles. The van der Waals surface area contributed by atoms with Crippen molar-refractivity contribution in [3.8, 4) is 17.2 Å². The largest absolute Gasteiger partial charge is 0.497 e. The SMILES string of the molecule is COc1cccc(CN(C)C(=O)CSc2nnc(-c3ccccc3)o2)c1. The molecule has 2 aromatic carbocycles. The number of ether oxygens (including phenoxy) is 1. The Labute approximate surface area is 156 Å². The van der Waals surface area contributed by atoms with Gasteiger partial charge in [0, 0.05) is 19.2 Å². The van der Waals surface area contributed by atoms with E-state index in [-0.39, 0.29) is 11.7 Å². The molecule has 1 amide bonds. The van der Waals surface area contributed by atoms with E-state index in [4.69, 9.17) is 9.15 Å². The van der Waals surface area contributed by atoms with Crippen LogP contribution in [0.4, 0.5) is 0 Å². The van der Waals surface area contributed by atoms with E-state index in [1.807, 2.05) is 54.6 Å². The fourth-order valence-corrected chi connectivity index (χ4v) is 3.04. The van der Waals surface area contributed by atoms with Crippen LogP contribution < -0.4 is 4.74 Å². The smallest absolute Gasteiger partial charge is 0.277 e. The van der Waals surface area contributed by atoms with Gasteiger partial charge in [0.25, 0.3) is 5.22 Å². The lowest BCUT2D eigenvalue weighted by Gasteiger charge is -2.17. The Bertz CT molecular complexity index is 867. The summed E-state index contributed by atoms with van der Waals surface area (Å²) in [4.78, 5) is 14.0. The Kier molecular flexibility index (Phi) is 5.91. The van der Waals surface area contributed by atoms with Gasteiger partial charge in [-0.15, -0.1) is 10.2 Å². The van der Waals surface area contributed by atoms with Crippen molar-refractivity contribution in [2.45, 2.75) is 11.8 Å². The lowest BCUT2D eigenvalue weighted by molar-refractivity contribution is -0.127. The van der Waals surface area contributed by atoms with E-state index in [1.54, 1.807) is 19.1 Å². The van der Waals surface area contributed by atoms with Gasteiger partial charge in [0.15, 0.2) is 0 Å². The number of amides is 1. The molecule has 0 atom stereocenters. The molecule has 0 fully saturated rings. The average Bonchev–Trinajstić information content (AvgIpc) is 3.16. The van der Waals surface area contributed by atoms with Crippen LogP contribution in [0.1, 0.15) is 5.56 Å². The van der Waals surface area contributed by atoms with E-state index < -0.39 is 0 Å². The number of rotatable bonds is 7. The Hall–Kier alpha value is -2.80. The van der Waals surface area contributed by atoms with Crippen LogP contribution in [-0.2, 0) is 11.3 Å². The summed E-state index contributed by atoms with van der Waals surface area (Å²) in [6, 6.07) is 17.2. The molecular formula is C19H19N3O3S. The lowest BCUT2D eigenvalue weighted by Crippen LogP contribution is -2.27. The van der Waals surface area contributed by atoms with E-state index in [9.17, 15) is 4.79 Å². The minimum absolute atomic E-state index is 0.0164. The zero-order valence-corrected chi connectivity index (χ0v) is 15.4. The maximum absolute atomic E-state index is 12.3. The monoisotopic (exact) mass is 369 g/mol. The minimum Gasteiger partial charge on any atom is -0.497 e. The third-order valence-electron chi connectivity index (χ3n) is 3.73. The molecule has 0 saturated carbocycles. The molecule has 6 nitrogen and oxygen atoms in total. The molecule has 0 N–H and O–H groups in total. The van der Waals surface area contributed by atoms with Gasteiger partial charge in [-0.3, -0.25) is 4.79 Å². The number of carbonyl (C=O) groups excluding carboxylic acids is 1.